The molecule has 2 saturated heterocycles. The van der Waals surface area contributed by atoms with Crippen LogP contribution in [0.2, 0.25) is 0 Å². The van der Waals surface area contributed by atoms with Gasteiger partial charge in [-0.05, 0) is 32.2 Å². The maximum Gasteiger partial charge on any atom is 0.225 e. The molecule has 0 bridgehead atoms. The number of hydrogen-bond acceptors (Lipinski definition) is 5. The summed E-state index contributed by atoms with van der Waals surface area (Å²) in [5.41, 5.74) is 1.66. The molecule has 1 aromatic heterocycles. The van der Waals surface area contributed by atoms with Gasteiger partial charge < -0.3 is 15.4 Å². The number of carbonyl (C=O) groups is 1. The number of nitrogens with zero attached hydrogens (tertiary/aromatic N) is 2. The van der Waals surface area contributed by atoms with Crippen LogP contribution in [0.4, 0.5) is 0 Å². The van der Waals surface area contributed by atoms with Gasteiger partial charge in [0.1, 0.15) is 0 Å². The number of hydrogen-bond donors (Lipinski definition) is 2. The third-order valence-electron chi connectivity index (χ3n) is 4.29. The molecule has 2 fully saturated rings. The molecule has 21 heavy (non-hydrogen) atoms. The summed E-state index contributed by atoms with van der Waals surface area (Å²) >= 11 is 0. The van der Waals surface area contributed by atoms with E-state index in [0.29, 0.717) is 25.2 Å². The van der Waals surface area contributed by atoms with Crippen LogP contribution in [-0.2, 0) is 16.1 Å². The van der Waals surface area contributed by atoms with Gasteiger partial charge in [-0.25, -0.2) is 0 Å². The highest BCUT2D eigenvalue weighted by molar-refractivity contribution is 5.78. The molecule has 0 saturated carbocycles. The van der Waals surface area contributed by atoms with Crippen molar-refractivity contribution in [2.24, 2.45) is 11.8 Å². The Bertz CT molecular complexity index is 491. The molecule has 2 aliphatic heterocycles. The highest BCUT2D eigenvalue weighted by atomic mass is 16.5. The highest BCUT2D eigenvalue weighted by Crippen LogP contribution is 2.28. The number of fused-ring (bicyclic) bond motifs is 1. The Hall–Kier alpha value is -1.53. The van der Waals surface area contributed by atoms with E-state index >= 15 is 0 Å². The van der Waals surface area contributed by atoms with Crippen LogP contribution < -0.4 is 10.6 Å². The molecule has 0 unspecified atom stereocenters. The molecule has 0 spiro atoms. The first-order valence-electron chi connectivity index (χ1n) is 7.60. The first-order valence-corrected chi connectivity index (χ1v) is 7.60. The quantitative estimate of drug-likeness (QED) is 0.843. The van der Waals surface area contributed by atoms with Crippen molar-refractivity contribution in [3.05, 3.63) is 23.8 Å². The van der Waals surface area contributed by atoms with Crippen LogP contribution in [-0.4, -0.2) is 41.7 Å². The average Bonchev–Trinajstić information content (AvgIpc) is 2.53. The van der Waals surface area contributed by atoms with Crippen molar-refractivity contribution in [3.8, 4) is 0 Å². The van der Waals surface area contributed by atoms with Gasteiger partial charge in [0.15, 0.2) is 0 Å². The van der Waals surface area contributed by atoms with Crippen LogP contribution >= 0.6 is 0 Å². The van der Waals surface area contributed by atoms with Gasteiger partial charge in [0.05, 0.1) is 42.8 Å². The summed E-state index contributed by atoms with van der Waals surface area (Å²) in [6.07, 6.45) is 5.71. The van der Waals surface area contributed by atoms with E-state index in [1.807, 2.05) is 6.92 Å². The van der Waals surface area contributed by atoms with Crippen LogP contribution in [0.15, 0.2) is 12.4 Å². The lowest BCUT2D eigenvalue weighted by Crippen LogP contribution is -2.49. The van der Waals surface area contributed by atoms with Crippen molar-refractivity contribution in [1.29, 1.82) is 0 Å². The van der Waals surface area contributed by atoms with E-state index in [4.69, 9.17) is 4.74 Å². The molecule has 2 aliphatic rings. The molecule has 2 N–H and O–H groups in total. The molecule has 1 aromatic rings. The topological polar surface area (TPSA) is 76.1 Å². The highest BCUT2D eigenvalue weighted by Gasteiger charge is 2.35. The van der Waals surface area contributed by atoms with Crippen LogP contribution in [0.1, 0.15) is 24.2 Å². The smallest absolute Gasteiger partial charge is 0.225 e. The van der Waals surface area contributed by atoms with Crippen molar-refractivity contribution in [2.75, 3.05) is 19.7 Å². The fourth-order valence-electron chi connectivity index (χ4n) is 3.04. The fourth-order valence-corrected chi connectivity index (χ4v) is 3.04. The first-order chi connectivity index (χ1) is 10.2. The first kappa shape index (κ1) is 14.4. The third-order valence-corrected chi connectivity index (χ3v) is 4.29. The van der Waals surface area contributed by atoms with Gasteiger partial charge in [-0.1, -0.05) is 0 Å². The molecular weight excluding hydrogens is 268 g/mol. The second-order valence-electron chi connectivity index (χ2n) is 5.92. The fraction of sp³-hybridized carbons (Fsp3) is 0.667. The Kier molecular flexibility index (Phi) is 4.45. The second kappa shape index (κ2) is 6.49. The van der Waals surface area contributed by atoms with E-state index in [1.54, 1.807) is 12.4 Å². The lowest BCUT2D eigenvalue weighted by atomic mass is 9.84. The van der Waals surface area contributed by atoms with E-state index in [9.17, 15) is 4.79 Å². The number of piperidine rings is 1. The Morgan fingerprint density at radius 1 is 1.48 bits per heavy atom. The molecule has 1 amide bonds. The summed E-state index contributed by atoms with van der Waals surface area (Å²) in [7, 11) is 0. The molecule has 0 aliphatic carbocycles. The minimum Gasteiger partial charge on any atom is -0.377 e. The molecule has 3 atom stereocenters. The van der Waals surface area contributed by atoms with Crippen LogP contribution in [0.3, 0.4) is 0 Å². The van der Waals surface area contributed by atoms with Crippen molar-refractivity contribution >= 4 is 5.91 Å². The molecule has 0 aromatic carbocycles. The monoisotopic (exact) mass is 290 g/mol. The number of nitrogens with one attached hydrogen (secondary N) is 2. The molecule has 3 rings (SSSR count). The van der Waals surface area contributed by atoms with Gasteiger partial charge in [0, 0.05) is 12.7 Å². The van der Waals surface area contributed by atoms with Crippen LogP contribution in [0.25, 0.3) is 0 Å². The number of carbonyl (C=O) groups excluding carboxylic acids is 1. The SMILES string of the molecule is Cc1cnc(CNC(=O)[C@H]2CO[C@@H]3CCNC[C@@H]3C2)cn1. The van der Waals surface area contributed by atoms with Crippen molar-refractivity contribution in [1.82, 2.24) is 20.6 Å². The van der Waals surface area contributed by atoms with Crippen LogP contribution in [0.5, 0.6) is 0 Å². The zero-order valence-corrected chi connectivity index (χ0v) is 12.3. The predicted molar refractivity (Wildman–Crippen MR) is 77.4 cm³/mol. The van der Waals surface area contributed by atoms with Gasteiger partial charge in [0.25, 0.3) is 0 Å². The summed E-state index contributed by atoms with van der Waals surface area (Å²) in [5.74, 6) is 0.466. The Balaban J connectivity index is 1.50. The van der Waals surface area contributed by atoms with Gasteiger partial charge in [0.2, 0.25) is 5.91 Å². The maximum atomic E-state index is 12.3. The molecular formula is C15H22N4O2. The molecule has 6 nitrogen and oxygen atoms in total. The largest absolute Gasteiger partial charge is 0.377 e. The lowest BCUT2D eigenvalue weighted by molar-refractivity contribution is -0.136. The van der Waals surface area contributed by atoms with Gasteiger partial charge in [-0.2, -0.15) is 0 Å². The Morgan fingerprint density at radius 3 is 3.19 bits per heavy atom. The zero-order chi connectivity index (χ0) is 14.7. The van der Waals surface area contributed by atoms with E-state index in [-0.39, 0.29) is 11.8 Å². The standard InChI is InChI=1S/C15H22N4O2/c1-10-5-18-13(7-17-10)8-19-15(20)12-4-11-6-16-3-2-14(11)21-9-12/h5,7,11-12,14,16H,2-4,6,8-9H2,1H3,(H,19,20)/t11-,12+,14+/m0/s1. The third kappa shape index (κ3) is 3.57. The molecule has 114 valence electrons. The van der Waals surface area contributed by atoms with E-state index in [2.05, 4.69) is 20.6 Å². The number of ether oxygens (including phenoxy) is 1. The second-order valence-corrected chi connectivity index (χ2v) is 5.92. The summed E-state index contributed by atoms with van der Waals surface area (Å²) in [6.45, 7) is 4.83. The molecule has 3 heterocycles. The zero-order valence-electron chi connectivity index (χ0n) is 12.3. The predicted octanol–water partition coefficient (Wildman–Crippen LogP) is 0.416. The number of rotatable bonds is 3. The normalized spacial score (nSPS) is 28.7. The van der Waals surface area contributed by atoms with Crippen molar-refractivity contribution < 1.29 is 9.53 Å². The lowest BCUT2D eigenvalue weighted by Gasteiger charge is -2.38. The minimum absolute atomic E-state index is 0.0513. The van der Waals surface area contributed by atoms with Crippen molar-refractivity contribution in [3.63, 3.8) is 0 Å². The van der Waals surface area contributed by atoms with E-state index < -0.39 is 0 Å². The summed E-state index contributed by atoms with van der Waals surface area (Å²) < 4.78 is 5.85. The minimum atomic E-state index is -0.0513. The van der Waals surface area contributed by atoms with E-state index in [0.717, 1.165) is 37.3 Å². The summed E-state index contributed by atoms with van der Waals surface area (Å²) in [5, 5.41) is 6.32. The van der Waals surface area contributed by atoms with Gasteiger partial charge in [-0.15, -0.1) is 0 Å². The van der Waals surface area contributed by atoms with Crippen LogP contribution in [0, 0.1) is 18.8 Å². The number of amides is 1. The van der Waals surface area contributed by atoms with Gasteiger partial charge >= 0.3 is 0 Å². The molecule has 0 radical (unpaired) electrons. The Labute approximate surface area is 124 Å². The van der Waals surface area contributed by atoms with E-state index in [1.165, 1.54) is 0 Å². The summed E-state index contributed by atoms with van der Waals surface area (Å²) in [4.78, 5) is 20.7. The maximum absolute atomic E-state index is 12.3. The molecule has 6 heteroatoms. The Morgan fingerprint density at radius 2 is 2.38 bits per heavy atom. The summed E-state index contributed by atoms with van der Waals surface area (Å²) in [6, 6.07) is 0. The van der Waals surface area contributed by atoms with Crippen molar-refractivity contribution in [2.45, 2.75) is 32.4 Å². The van der Waals surface area contributed by atoms with Gasteiger partial charge in [-0.3, -0.25) is 14.8 Å². The number of aromatic nitrogens is 2. The average molecular weight is 290 g/mol. The number of aryl methyl sites for hydroxylation is 1.